The number of hydrogen-bond acceptors (Lipinski definition) is 5. The molecule has 0 aliphatic rings. The van der Waals surface area contributed by atoms with Crippen LogP contribution in [0.1, 0.15) is 34.6 Å². The molecule has 0 aliphatic heterocycles. The fourth-order valence-corrected chi connectivity index (χ4v) is 2.86. The Hall–Kier alpha value is -1.31. The summed E-state index contributed by atoms with van der Waals surface area (Å²) in [5.74, 6) is 0. The average Bonchev–Trinajstić information content (AvgIpc) is 2.27. The summed E-state index contributed by atoms with van der Waals surface area (Å²) in [6.07, 6.45) is 0. The van der Waals surface area contributed by atoms with Crippen molar-refractivity contribution in [2.75, 3.05) is 18.0 Å². The summed E-state index contributed by atoms with van der Waals surface area (Å²) < 4.78 is 31.5. The van der Waals surface area contributed by atoms with Gasteiger partial charge in [0.25, 0.3) is 0 Å². The van der Waals surface area contributed by atoms with Crippen molar-refractivity contribution in [2.24, 2.45) is 0 Å². The van der Waals surface area contributed by atoms with Crippen LogP contribution < -0.4 is 16.4 Å². The summed E-state index contributed by atoms with van der Waals surface area (Å²) >= 11 is 0. The standard InChI is InChI=1S/C8H19N.C6H8N2O3S/c1-6-9(7(2)3)8(4)5;7-4-1-2-6(5(8)3-4)12(9,10)11/h7-8H,6H2,1-5H3;1-3H,7-8H2,(H,9,10,11). The lowest BCUT2D eigenvalue weighted by molar-refractivity contribution is -0.940. The zero-order chi connectivity index (χ0) is 16.8. The Kier molecular flexibility index (Phi) is 7.70. The first-order chi connectivity index (χ1) is 9.50. The van der Waals surface area contributed by atoms with Crippen LogP contribution >= 0.6 is 0 Å². The molecule has 0 bridgehead atoms. The van der Waals surface area contributed by atoms with Crippen LogP contribution in [0.25, 0.3) is 0 Å². The van der Waals surface area contributed by atoms with E-state index in [0.717, 1.165) is 18.2 Å². The first-order valence-corrected chi connectivity index (χ1v) is 8.38. The molecule has 0 heterocycles. The van der Waals surface area contributed by atoms with E-state index in [0.29, 0.717) is 5.69 Å². The molecule has 21 heavy (non-hydrogen) atoms. The third-order valence-corrected chi connectivity index (χ3v) is 4.11. The van der Waals surface area contributed by atoms with Crippen molar-refractivity contribution >= 4 is 21.5 Å². The average molecular weight is 317 g/mol. The van der Waals surface area contributed by atoms with Crippen LogP contribution in [-0.4, -0.2) is 31.6 Å². The van der Waals surface area contributed by atoms with Crippen molar-refractivity contribution in [3.8, 4) is 0 Å². The fourth-order valence-electron chi connectivity index (χ4n) is 2.28. The lowest BCUT2D eigenvalue weighted by atomic mass is 10.2. The van der Waals surface area contributed by atoms with Crippen LogP contribution in [0.3, 0.4) is 0 Å². The normalized spacial score (nSPS) is 11.7. The largest absolute Gasteiger partial charge is 0.744 e. The van der Waals surface area contributed by atoms with E-state index in [1.54, 1.807) is 4.90 Å². The second-order valence-electron chi connectivity index (χ2n) is 5.49. The molecule has 5 N–H and O–H groups in total. The number of nitrogen functional groups attached to an aromatic ring is 2. The van der Waals surface area contributed by atoms with Crippen molar-refractivity contribution in [2.45, 2.75) is 51.6 Å². The maximum absolute atomic E-state index is 10.5. The predicted octanol–water partition coefficient (Wildman–Crippen LogP) is 0.463. The van der Waals surface area contributed by atoms with E-state index in [1.165, 1.54) is 18.7 Å². The van der Waals surface area contributed by atoms with E-state index in [9.17, 15) is 13.0 Å². The van der Waals surface area contributed by atoms with Gasteiger partial charge in [-0.15, -0.1) is 0 Å². The van der Waals surface area contributed by atoms with Crippen LogP contribution in [0.2, 0.25) is 0 Å². The molecule has 0 fully saturated rings. The maximum atomic E-state index is 10.5. The van der Waals surface area contributed by atoms with Gasteiger partial charge >= 0.3 is 0 Å². The molecule has 0 amide bonds. The summed E-state index contributed by atoms with van der Waals surface area (Å²) in [7, 11) is -4.48. The number of nitrogens with one attached hydrogen (secondary N) is 1. The molecule has 0 saturated carbocycles. The van der Waals surface area contributed by atoms with Gasteiger partial charge in [0.1, 0.15) is 10.1 Å². The lowest BCUT2D eigenvalue weighted by Gasteiger charge is -2.25. The summed E-state index contributed by atoms with van der Waals surface area (Å²) in [5.41, 5.74) is 10.7. The Morgan fingerprint density at radius 2 is 1.62 bits per heavy atom. The highest BCUT2D eigenvalue weighted by Crippen LogP contribution is 2.19. The molecule has 7 heteroatoms. The Balaban J connectivity index is 0.000000400. The molecule has 0 aliphatic carbocycles. The van der Waals surface area contributed by atoms with E-state index < -0.39 is 15.0 Å². The summed E-state index contributed by atoms with van der Waals surface area (Å²) in [6.45, 7) is 12.6. The van der Waals surface area contributed by atoms with E-state index in [1.807, 2.05) is 0 Å². The monoisotopic (exact) mass is 317 g/mol. The van der Waals surface area contributed by atoms with Crippen molar-refractivity contribution in [1.82, 2.24) is 0 Å². The minimum absolute atomic E-state index is 0.120. The van der Waals surface area contributed by atoms with Gasteiger partial charge in [-0.2, -0.15) is 0 Å². The molecule has 0 spiro atoms. The van der Waals surface area contributed by atoms with Gasteiger partial charge < -0.3 is 20.9 Å². The number of nitrogens with two attached hydrogens (primary N) is 2. The molecule has 0 atom stereocenters. The maximum Gasteiger partial charge on any atom is 0.126 e. The molecular formula is C14H27N3O3S. The Morgan fingerprint density at radius 1 is 1.14 bits per heavy atom. The van der Waals surface area contributed by atoms with E-state index in [-0.39, 0.29) is 5.69 Å². The molecule has 6 nitrogen and oxygen atoms in total. The molecule has 1 aromatic carbocycles. The highest BCUT2D eigenvalue weighted by atomic mass is 32.2. The van der Waals surface area contributed by atoms with Crippen LogP contribution in [0.4, 0.5) is 11.4 Å². The summed E-state index contributed by atoms with van der Waals surface area (Å²) in [4.78, 5) is 1.26. The smallest absolute Gasteiger partial charge is 0.126 e. The third kappa shape index (κ3) is 6.79. The fraction of sp³-hybridized carbons (Fsp3) is 0.571. The number of rotatable bonds is 4. The minimum Gasteiger partial charge on any atom is -0.744 e. The zero-order valence-corrected chi connectivity index (χ0v) is 14.2. The lowest BCUT2D eigenvalue weighted by Crippen LogP contribution is -3.17. The van der Waals surface area contributed by atoms with Crippen LogP contribution in [0, 0.1) is 0 Å². The van der Waals surface area contributed by atoms with Gasteiger partial charge in [0, 0.05) is 5.69 Å². The molecule has 0 radical (unpaired) electrons. The van der Waals surface area contributed by atoms with E-state index in [2.05, 4.69) is 34.6 Å². The van der Waals surface area contributed by atoms with Gasteiger partial charge in [-0.1, -0.05) is 0 Å². The summed E-state index contributed by atoms with van der Waals surface area (Å²) in [6, 6.07) is 5.17. The van der Waals surface area contributed by atoms with Gasteiger partial charge in [-0.3, -0.25) is 0 Å². The topological polar surface area (TPSA) is 114 Å². The van der Waals surface area contributed by atoms with Gasteiger partial charge in [-0.25, -0.2) is 8.42 Å². The Labute approximate surface area is 127 Å². The van der Waals surface area contributed by atoms with Crippen LogP contribution in [0.15, 0.2) is 23.1 Å². The highest BCUT2D eigenvalue weighted by molar-refractivity contribution is 7.86. The van der Waals surface area contributed by atoms with Gasteiger partial charge in [0.15, 0.2) is 0 Å². The number of benzene rings is 1. The molecule has 1 aromatic rings. The number of anilines is 2. The van der Waals surface area contributed by atoms with Crippen molar-refractivity contribution < 1.29 is 17.9 Å². The molecule has 0 unspecified atom stereocenters. The van der Waals surface area contributed by atoms with Crippen LogP contribution in [0.5, 0.6) is 0 Å². The van der Waals surface area contributed by atoms with Crippen molar-refractivity contribution in [3.63, 3.8) is 0 Å². The van der Waals surface area contributed by atoms with Crippen molar-refractivity contribution in [1.29, 1.82) is 0 Å². The van der Waals surface area contributed by atoms with Gasteiger partial charge in [-0.05, 0) is 52.8 Å². The highest BCUT2D eigenvalue weighted by Gasteiger charge is 2.13. The zero-order valence-electron chi connectivity index (χ0n) is 13.4. The second-order valence-corrected chi connectivity index (χ2v) is 6.84. The molecule has 122 valence electrons. The SMILES string of the molecule is CC[NH+](C(C)C)C(C)C.Nc1ccc(S(=O)(=O)[O-])c(N)c1. The minimum atomic E-state index is -4.48. The second kappa shape index (κ2) is 8.21. The Bertz CT molecular complexity index is 534. The van der Waals surface area contributed by atoms with E-state index >= 15 is 0 Å². The third-order valence-electron chi connectivity index (χ3n) is 3.19. The van der Waals surface area contributed by atoms with Gasteiger partial charge in [0.2, 0.25) is 0 Å². The van der Waals surface area contributed by atoms with Crippen molar-refractivity contribution in [3.05, 3.63) is 18.2 Å². The molecule has 0 saturated heterocycles. The van der Waals surface area contributed by atoms with Crippen LogP contribution in [-0.2, 0) is 10.1 Å². The van der Waals surface area contributed by atoms with Gasteiger partial charge in [0.05, 0.1) is 29.2 Å². The number of hydrogen-bond donors (Lipinski definition) is 3. The molecule has 1 rings (SSSR count). The Morgan fingerprint density at radius 3 is 1.86 bits per heavy atom. The quantitative estimate of drug-likeness (QED) is 0.551. The molecular weight excluding hydrogens is 290 g/mol. The first-order valence-electron chi connectivity index (χ1n) is 6.97. The number of quaternary nitrogens is 1. The predicted molar refractivity (Wildman–Crippen MR) is 85.0 cm³/mol. The van der Waals surface area contributed by atoms with E-state index in [4.69, 9.17) is 11.5 Å². The molecule has 0 aromatic heterocycles. The first kappa shape index (κ1) is 19.7. The summed E-state index contributed by atoms with van der Waals surface area (Å²) in [5, 5.41) is 0.